The predicted octanol–water partition coefficient (Wildman–Crippen LogP) is 3.47. The van der Waals surface area contributed by atoms with Gasteiger partial charge in [-0.05, 0) is 34.0 Å². The molecule has 27 heavy (non-hydrogen) atoms. The van der Waals surface area contributed by atoms with Gasteiger partial charge in [0.05, 0.1) is 4.47 Å². The molecule has 0 atom stereocenters. The minimum Gasteiger partial charge on any atom is -0.335 e. The number of rotatable bonds is 3. The molecule has 2 aromatic rings. The molecule has 146 valence electrons. The minimum atomic E-state index is -4.58. The van der Waals surface area contributed by atoms with Crippen LogP contribution in [0.1, 0.15) is 27.3 Å². The number of nitrogens with zero attached hydrogens (tertiary/aromatic N) is 4. The van der Waals surface area contributed by atoms with Gasteiger partial charge in [-0.1, -0.05) is 24.3 Å². The normalized spacial score (nSPS) is 16.0. The van der Waals surface area contributed by atoms with Crippen molar-refractivity contribution in [1.29, 1.82) is 0 Å². The first-order valence-corrected chi connectivity index (χ1v) is 9.33. The number of hydrogen-bond acceptors (Lipinski definition) is 3. The fourth-order valence-electron chi connectivity index (χ4n) is 3.23. The van der Waals surface area contributed by atoms with Gasteiger partial charge in [0.2, 0.25) is 0 Å². The highest BCUT2D eigenvalue weighted by Crippen LogP contribution is 2.36. The highest BCUT2D eigenvalue weighted by atomic mass is 79.9. The Morgan fingerprint density at radius 2 is 1.81 bits per heavy atom. The summed E-state index contributed by atoms with van der Waals surface area (Å²) in [5.74, 6) is -0.483. The third kappa shape index (κ3) is 4.19. The maximum Gasteiger partial charge on any atom is 0.434 e. The van der Waals surface area contributed by atoms with Gasteiger partial charge >= 0.3 is 6.18 Å². The van der Waals surface area contributed by atoms with E-state index >= 15 is 0 Å². The molecular formula is C18H20BrF3N4O. The van der Waals surface area contributed by atoms with E-state index in [2.05, 4.69) is 45.0 Å². The summed E-state index contributed by atoms with van der Waals surface area (Å²) < 4.78 is 39.7. The lowest BCUT2D eigenvalue weighted by molar-refractivity contribution is -0.144. The molecule has 3 rings (SSSR count). The van der Waals surface area contributed by atoms with E-state index in [1.165, 1.54) is 18.2 Å². The van der Waals surface area contributed by atoms with Crippen molar-refractivity contribution in [3.63, 3.8) is 0 Å². The molecule has 0 bridgehead atoms. The Balaban J connectivity index is 1.66. The third-order valence-corrected chi connectivity index (χ3v) is 5.53. The molecule has 1 aliphatic heterocycles. The SMILES string of the molecule is Cc1ccccc1CN1CCN(C(=O)c2nn(C)c(C(F)(F)F)c2Br)CC1. The number of benzene rings is 1. The first-order chi connectivity index (χ1) is 12.7. The van der Waals surface area contributed by atoms with Crippen LogP contribution in [0.5, 0.6) is 0 Å². The summed E-state index contributed by atoms with van der Waals surface area (Å²) in [6.07, 6.45) is -4.58. The van der Waals surface area contributed by atoms with Gasteiger partial charge in [-0.3, -0.25) is 14.4 Å². The van der Waals surface area contributed by atoms with Gasteiger partial charge in [0.25, 0.3) is 5.91 Å². The summed E-state index contributed by atoms with van der Waals surface area (Å²) in [4.78, 5) is 16.5. The van der Waals surface area contributed by atoms with Crippen LogP contribution in [0.2, 0.25) is 0 Å². The lowest BCUT2D eigenvalue weighted by Gasteiger charge is -2.34. The van der Waals surface area contributed by atoms with Crippen LogP contribution in [0.4, 0.5) is 13.2 Å². The molecule has 0 aliphatic carbocycles. The Morgan fingerprint density at radius 1 is 1.19 bits per heavy atom. The number of carbonyl (C=O) groups is 1. The van der Waals surface area contributed by atoms with Crippen molar-refractivity contribution in [3.05, 3.63) is 51.3 Å². The lowest BCUT2D eigenvalue weighted by Crippen LogP contribution is -2.48. The second-order valence-electron chi connectivity index (χ2n) is 6.63. The van der Waals surface area contributed by atoms with Crippen LogP contribution in [0.25, 0.3) is 0 Å². The van der Waals surface area contributed by atoms with Crippen molar-refractivity contribution < 1.29 is 18.0 Å². The van der Waals surface area contributed by atoms with E-state index in [0.717, 1.165) is 6.54 Å². The second kappa shape index (κ2) is 7.63. The third-order valence-electron chi connectivity index (χ3n) is 4.78. The van der Waals surface area contributed by atoms with Crippen LogP contribution < -0.4 is 0 Å². The van der Waals surface area contributed by atoms with Crippen molar-refractivity contribution in [2.75, 3.05) is 26.2 Å². The molecular weight excluding hydrogens is 425 g/mol. The molecule has 2 heterocycles. The maximum atomic E-state index is 13.1. The number of carbonyl (C=O) groups excluding carboxylic acids is 1. The first-order valence-electron chi connectivity index (χ1n) is 8.54. The fraction of sp³-hybridized carbons (Fsp3) is 0.444. The number of halogens is 4. The molecule has 0 radical (unpaired) electrons. The Morgan fingerprint density at radius 3 is 2.37 bits per heavy atom. The van der Waals surface area contributed by atoms with Crippen LogP contribution in [0.3, 0.4) is 0 Å². The molecule has 0 N–H and O–H groups in total. The maximum absolute atomic E-state index is 13.1. The topological polar surface area (TPSA) is 41.4 Å². The Labute approximate surface area is 163 Å². The standard InChI is InChI=1S/C18H20BrF3N4O/c1-12-5-3-4-6-13(12)11-25-7-9-26(10-8-25)17(27)15-14(19)16(18(20,21)22)24(2)23-15/h3-6H,7-11H2,1-2H3. The van der Waals surface area contributed by atoms with E-state index < -0.39 is 17.8 Å². The summed E-state index contributed by atoms with van der Waals surface area (Å²) in [5.41, 5.74) is 1.30. The highest BCUT2D eigenvalue weighted by Gasteiger charge is 2.40. The second-order valence-corrected chi connectivity index (χ2v) is 7.42. The number of aromatic nitrogens is 2. The van der Waals surface area contributed by atoms with Crippen molar-refractivity contribution in [1.82, 2.24) is 19.6 Å². The zero-order chi connectivity index (χ0) is 19.8. The predicted molar refractivity (Wildman–Crippen MR) is 98.3 cm³/mol. The van der Waals surface area contributed by atoms with Crippen molar-refractivity contribution in [2.24, 2.45) is 7.05 Å². The summed E-state index contributed by atoms with van der Waals surface area (Å²) >= 11 is 2.91. The van der Waals surface area contributed by atoms with Gasteiger partial charge in [-0.25, -0.2) is 0 Å². The zero-order valence-corrected chi connectivity index (χ0v) is 16.6. The molecule has 5 nitrogen and oxygen atoms in total. The average Bonchev–Trinajstić information content (AvgIpc) is 2.91. The van der Waals surface area contributed by atoms with Crippen LogP contribution in [0, 0.1) is 6.92 Å². The van der Waals surface area contributed by atoms with E-state index in [1.54, 1.807) is 4.90 Å². The fourth-order valence-corrected chi connectivity index (χ4v) is 3.96. The number of piperazine rings is 1. The molecule has 0 unspecified atom stereocenters. The van der Waals surface area contributed by atoms with Crippen LogP contribution >= 0.6 is 15.9 Å². The van der Waals surface area contributed by atoms with Gasteiger partial charge in [0.15, 0.2) is 11.4 Å². The van der Waals surface area contributed by atoms with E-state index in [1.807, 2.05) is 12.1 Å². The van der Waals surface area contributed by atoms with Gasteiger partial charge in [-0.15, -0.1) is 0 Å². The highest BCUT2D eigenvalue weighted by molar-refractivity contribution is 9.10. The lowest BCUT2D eigenvalue weighted by atomic mass is 10.1. The van der Waals surface area contributed by atoms with E-state index in [4.69, 9.17) is 0 Å². The smallest absolute Gasteiger partial charge is 0.335 e. The zero-order valence-electron chi connectivity index (χ0n) is 15.1. The molecule has 0 spiro atoms. The average molecular weight is 445 g/mol. The largest absolute Gasteiger partial charge is 0.434 e. The Kier molecular flexibility index (Phi) is 5.62. The van der Waals surface area contributed by atoms with Crippen molar-refractivity contribution >= 4 is 21.8 Å². The van der Waals surface area contributed by atoms with Gasteiger partial charge in [-0.2, -0.15) is 18.3 Å². The Bertz CT molecular complexity index is 842. The summed E-state index contributed by atoms with van der Waals surface area (Å²) in [6, 6.07) is 8.14. The van der Waals surface area contributed by atoms with Gasteiger partial charge in [0.1, 0.15) is 0 Å². The van der Waals surface area contributed by atoms with Crippen molar-refractivity contribution in [2.45, 2.75) is 19.6 Å². The quantitative estimate of drug-likeness (QED) is 0.727. The van der Waals surface area contributed by atoms with Crippen LogP contribution in [-0.2, 0) is 19.8 Å². The number of amides is 1. The molecule has 1 aromatic heterocycles. The molecule has 1 saturated heterocycles. The van der Waals surface area contributed by atoms with Crippen molar-refractivity contribution in [3.8, 4) is 0 Å². The molecule has 9 heteroatoms. The molecule has 1 aromatic carbocycles. The molecule has 1 aliphatic rings. The van der Waals surface area contributed by atoms with Crippen LogP contribution in [0.15, 0.2) is 28.7 Å². The number of alkyl halides is 3. The molecule has 1 fully saturated rings. The van der Waals surface area contributed by atoms with Gasteiger partial charge < -0.3 is 4.90 Å². The van der Waals surface area contributed by atoms with Crippen LogP contribution in [-0.4, -0.2) is 51.7 Å². The Hall–Kier alpha value is -1.87. The first kappa shape index (κ1) is 19.9. The number of aryl methyl sites for hydroxylation is 2. The number of hydrogen-bond donors (Lipinski definition) is 0. The minimum absolute atomic E-state index is 0.197. The van der Waals surface area contributed by atoms with E-state index in [-0.39, 0.29) is 10.2 Å². The van der Waals surface area contributed by atoms with E-state index in [9.17, 15) is 18.0 Å². The monoisotopic (exact) mass is 444 g/mol. The summed E-state index contributed by atoms with van der Waals surface area (Å²) in [6.45, 7) is 5.09. The van der Waals surface area contributed by atoms with Gasteiger partial charge in [0, 0.05) is 39.8 Å². The summed E-state index contributed by atoms with van der Waals surface area (Å²) in [5, 5.41) is 3.80. The van der Waals surface area contributed by atoms with E-state index in [0.29, 0.717) is 30.9 Å². The molecule has 0 saturated carbocycles. The molecule has 1 amide bonds. The summed E-state index contributed by atoms with van der Waals surface area (Å²) in [7, 11) is 1.19.